The number of likely N-dealkylation sites (tertiary alicyclic amines) is 1. The fourth-order valence-electron chi connectivity index (χ4n) is 4.02. The van der Waals surface area contributed by atoms with Gasteiger partial charge in [0.15, 0.2) is 0 Å². The molecule has 6 nitrogen and oxygen atoms in total. The van der Waals surface area contributed by atoms with Crippen molar-refractivity contribution < 1.29 is 14.3 Å². The second-order valence-corrected chi connectivity index (χ2v) is 7.39. The molecular formula is C22H25N3O3. The normalized spacial score (nSPS) is 17.8. The van der Waals surface area contributed by atoms with Crippen LogP contribution in [-0.4, -0.2) is 43.5 Å². The Hall–Kier alpha value is -2.86. The molecule has 2 amide bonds. The van der Waals surface area contributed by atoms with E-state index in [0.717, 1.165) is 43.9 Å². The van der Waals surface area contributed by atoms with E-state index in [2.05, 4.69) is 22.3 Å². The topological polar surface area (TPSA) is 61.9 Å². The molecule has 1 fully saturated rings. The molecule has 0 aliphatic carbocycles. The Morgan fingerprint density at radius 2 is 1.93 bits per heavy atom. The standard InChI is InChI=1S/C22H25N3O3/c1-28-18-6-4-5-16(13-18)14-24-11-9-17(10-12-24)22(27)25-15-21(26)23-19-7-2-3-8-20(19)25/h2-8,13,17H,9-12,14-15H2,1H3,(H,23,26). The number of ether oxygens (including phenoxy) is 1. The highest BCUT2D eigenvalue weighted by molar-refractivity contribution is 6.10. The molecular weight excluding hydrogens is 354 g/mol. The van der Waals surface area contributed by atoms with Crippen molar-refractivity contribution in [3.05, 3.63) is 54.1 Å². The van der Waals surface area contributed by atoms with E-state index in [0.29, 0.717) is 5.69 Å². The number of para-hydroxylation sites is 2. The summed E-state index contributed by atoms with van der Waals surface area (Å²) in [6.07, 6.45) is 1.62. The van der Waals surface area contributed by atoms with Crippen LogP contribution in [0.25, 0.3) is 0 Å². The first-order valence-corrected chi connectivity index (χ1v) is 9.69. The van der Waals surface area contributed by atoms with Gasteiger partial charge in [-0.2, -0.15) is 0 Å². The van der Waals surface area contributed by atoms with Crippen LogP contribution in [0.5, 0.6) is 5.75 Å². The number of rotatable bonds is 4. The van der Waals surface area contributed by atoms with Crippen molar-refractivity contribution in [3.63, 3.8) is 0 Å². The summed E-state index contributed by atoms with van der Waals surface area (Å²) in [6, 6.07) is 15.6. The van der Waals surface area contributed by atoms with E-state index in [1.165, 1.54) is 5.56 Å². The van der Waals surface area contributed by atoms with Gasteiger partial charge in [0.05, 0.1) is 18.5 Å². The number of carbonyl (C=O) groups is 2. The third-order valence-electron chi connectivity index (χ3n) is 5.51. The Kier molecular flexibility index (Phi) is 5.30. The highest BCUT2D eigenvalue weighted by Crippen LogP contribution is 2.32. The lowest BCUT2D eigenvalue weighted by atomic mass is 9.94. The van der Waals surface area contributed by atoms with Crippen LogP contribution in [0, 0.1) is 5.92 Å². The van der Waals surface area contributed by atoms with E-state index in [1.54, 1.807) is 12.0 Å². The van der Waals surface area contributed by atoms with E-state index < -0.39 is 0 Å². The van der Waals surface area contributed by atoms with Gasteiger partial charge in [-0.15, -0.1) is 0 Å². The summed E-state index contributed by atoms with van der Waals surface area (Å²) < 4.78 is 5.30. The highest BCUT2D eigenvalue weighted by atomic mass is 16.5. The first-order valence-electron chi connectivity index (χ1n) is 9.69. The van der Waals surface area contributed by atoms with Crippen LogP contribution in [0.1, 0.15) is 18.4 Å². The SMILES string of the molecule is COc1cccc(CN2CCC(C(=O)N3CC(=O)Nc4ccccc43)CC2)c1. The van der Waals surface area contributed by atoms with Gasteiger partial charge in [-0.1, -0.05) is 24.3 Å². The van der Waals surface area contributed by atoms with Gasteiger partial charge >= 0.3 is 0 Å². The molecule has 2 aromatic rings. The molecule has 1 N–H and O–H groups in total. The fraction of sp³-hybridized carbons (Fsp3) is 0.364. The van der Waals surface area contributed by atoms with Gasteiger partial charge in [-0.05, 0) is 55.8 Å². The number of benzene rings is 2. The molecule has 0 aromatic heterocycles. The van der Waals surface area contributed by atoms with Crippen molar-refractivity contribution >= 4 is 23.2 Å². The van der Waals surface area contributed by atoms with Crippen LogP contribution in [0.3, 0.4) is 0 Å². The molecule has 2 aliphatic rings. The van der Waals surface area contributed by atoms with E-state index >= 15 is 0 Å². The molecule has 0 unspecified atom stereocenters. The van der Waals surface area contributed by atoms with Gasteiger partial charge < -0.3 is 15.0 Å². The minimum absolute atomic E-state index is 0.0412. The number of methoxy groups -OCH3 is 1. The minimum atomic E-state index is -0.137. The second-order valence-electron chi connectivity index (χ2n) is 7.39. The quantitative estimate of drug-likeness (QED) is 0.887. The van der Waals surface area contributed by atoms with Crippen LogP contribution < -0.4 is 15.0 Å². The molecule has 6 heteroatoms. The first kappa shape index (κ1) is 18.5. The zero-order chi connectivity index (χ0) is 19.5. The lowest BCUT2D eigenvalue weighted by molar-refractivity contribution is -0.125. The number of carbonyl (C=O) groups excluding carboxylic acids is 2. The Labute approximate surface area is 165 Å². The van der Waals surface area contributed by atoms with Crippen molar-refractivity contribution in [1.29, 1.82) is 0 Å². The zero-order valence-corrected chi connectivity index (χ0v) is 16.1. The predicted octanol–water partition coefficient (Wildman–Crippen LogP) is 2.89. The van der Waals surface area contributed by atoms with Crippen LogP contribution in [0.4, 0.5) is 11.4 Å². The molecule has 2 heterocycles. The number of anilines is 2. The van der Waals surface area contributed by atoms with Crippen LogP contribution in [0.2, 0.25) is 0 Å². The van der Waals surface area contributed by atoms with Crippen molar-refractivity contribution in [1.82, 2.24) is 4.90 Å². The Bertz CT molecular complexity index is 875. The average molecular weight is 379 g/mol. The smallest absolute Gasteiger partial charge is 0.244 e. The summed E-state index contributed by atoms with van der Waals surface area (Å²) >= 11 is 0. The summed E-state index contributed by atoms with van der Waals surface area (Å²) in [5, 5.41) is 2.84. The maximum absolute atomic E-state index is 13.1. The first-order chi connectivity index (χ1) is 13.6. The van der Waals surface area contributed by atoms with Gasteiger partial charge in [-0.3, -0.25) is 14.5 Å². The number of amides is 2. The van der Waals surface area contributed by atoms with Crippen molar-refractivity contribution in [3.8, 4) is 5.75 Å². The monoisotopic (exact) mass is 379 g/mol. The molecule has 28 heavy (non-hydrogen) atoms. The van der Waals surface area contributed by atoms with E-state index in [4.69, 9.17) is 4.74 Å². The minimum Gasteiger partial charge on any atom is -0.497 e. The number of nitrogens with zero attached hydrogens (tertiary/aromatic N) is 2. The van der Waals surface area contributed by atoms with E-state index in [9.17, 15) is 9.59 Å². The molecule has 1 saturated heterocycles. The highest BCUT2D eigenvalue weighted by Gasteiger charge is 2.33. The predicted molar refractivity (Wildman–Crippen MR) is 108 cm³/mol. The molecule has 2 aromatic carbocycles. The Morgan fingerprint density at radius 1 is 1.14 bits per heavy atom. The number of nitrogens with one attached hydrogen (secondary N) is 1. The third kappa shape index (κ3) is 3.87. The Morgan fingerprint density at radius 3 is 2.71 bits per heavy atom. The van der Waals surface area contributed by atoms with Gasteiger partial charge in [-0.25, -0.2) is 0 Å². The summed E-state index contributed by atoms with van der Waals surface area (Å²) in [5.41, 5.74) is 2.72. The van der Waals surface area contributed by atoms with Crippen molar-refractivity contribution in [2.75, 3.05) is 37.0 Å². The van der Waals surface area contributed by atoms with Crippen molar-refractivity contribution in [2.45, 2.75) is 19.4 Å². The molecule has 2 aliphatic heterocycles. The number of hydrogen-bond acceptors (Lipinski definition) is 4. The molecule has 0 atom stereocenters. The summed E-state index contributed by atoms with van der Waals surface area (Å²) in [4.78, 5) is 29.1. The molecule has 0 spiro atoms. The second kappa shape index (κ2) is 8.02. The van der Waals surface area contributed by atoms with E-state index in [1.807, 2.05) is 36.4 Å². The number of hydrogen-bond donors (Lipinski definition) is 1. The van der Waals surface area contributed by atoms with Gasteiger partial charge in [0.2, 0.25) is 11.8 Å². The molecule has 146 valence electrons. The van der Waals surface area contributed by atoms with Gasteiger partial charge in [0.1, 0.15) is 12.3 Å². The fourth-order valence-corrected chi connectivity index (χ4v) is 4.02. The summed E-state index contributed by atoms with van der Waals surface area (Å²) in [7, 11) is 1.68. The Balaban J connectivity index is 1.38. The summed E-state index contributed by atoms with van der Waals surface area (Å²) in [5.74, 6) is 0.746. The maximum Gasteiger partial charge on any atom is 0.244 e. The third-order valence-corrected chi connectivity index (χ3v) is 5.51. The van der Waals surface area contributed by atoms with Crippen LogP contribution >= 0.6 is 0 Å². The number of piperidine rings is 1. The molecule has 4 rings (SSSR count). The summed E-state index contributed by atoms with van der Waals surface area (Å²) in [6.45, 7) is 2.69. The van der Waals surface area contributed by atoms with E-state index in [-0.39, 0.29) is 24.3 Å². The van der Waals surface area contributed by atoms with Gasteiger partial charge in [0.25, 0.3) is 0 Å². The lowest BCUT2D eigenvalue weighted by Gasteiger charge is -2.36. The number of fused-ring (bicyclic) bond motifs is 1. The average Bonchev–Trinajstić information content (AvgIpc) is 2.73. The van der Waals surface area contributed by atoms with Gasteiger partial charge in [0, 0.05) is 12.5 Å². The van der Waals surface area contributed by atoms with Crippen LogP contribution in [0.15, 0.2) is 48.5 Å². The van der Waals surface area contributed by atoms with Crippen molar-refractivity contribution in [2.24, 2.45) is 5.92 Å². The van der Waals surface area contributed by atoms with Crippen LogP contribution in [-0.2, 0) is 16.1 Å². The molecule has 0 bridgehead atoms. The molecule has 0 saturated carbocycles. The molecule has 0 radical (unpaired) electrons. The lowest BCUT2D eigenvalue weighted by Crippen LogP contribution is -2.47. The largest absolute Gasteiger partial charge is 0.497 e. The zero-order valence-electron chi connectivity index (χ0n) is 16.1. The maximum atomic E-state index is 13.1.